The van der Waals surface area contributed by atoms with Gasteiger partial charge in [0.25, 0.3) is 0 Å². The lowest BCUT2D eigenvalue weighted by atomic mass is 10.1. The fraction of sp³-hybridized carbons (Fsp3) is 0.100. The van der Waals surface area contributed by atoms with E-state index in [1.54, 1.807) is 0 Å². The molecule has 0 saturated heterocycles. The molecule has 0 radical (unpaired) electrons. The second-order valence-electron chi connectivity index (χ2n) is 3.09. The quantitative estimate of drug-likeness (QED) is 0.880. The van der Waals surface area contributed by atoms with Gasteiger partial charge in [0.1, 0.15) is 0 Å². The van der Waals surface area contributed by atoms with Crippen LogP contribution in [0.3, 0.4) is 0 Å². The Balaban J connectivity index is 2.54. The fourth-order valence-electron chi connectivity index (χ4n) is 1.28. The lowest BCUT2D eigenvalue weighted by molar-refractivity contribution is 0.386. The topological polar surface area (TPSA) is 61.3 Å². The Kier molecular flexibility index (Phi) is 2.70. The number of nitrogen functional groups attached to an aromatic ring is 1. The van der Waals surface area contributed by atoms with Crippen LogP contribution in [0.15, 0.2) is 22.7 Å². The van der Waals surface area contributed by atoms with E-state index in [4.69, 9.17) is 26.6 Å². The Morgan fingerprint density at radius 1 is 1.44 bits per heavy atom. The molecule has 84 valence electrons. The van der Waals surface area contributed by atoms with Crippen LogP contribution in [0.5, 0.6) is 5.75 Å². The second kappa shape index (κ2) is 4.02. The highest BCUT2D eigenvalue weighted by Crippen LogP contribution is 2.32. The van der Waals surface area contributed by atoms with Gasteiger partial charge in [0, 0.05) is 11.6 Å². The minimum atomic E-state index is -0.611. The molecule has 6 heteroatoms. The third-order valence-electron chi connectivity index (χ3n) is 2.03. The molecular formula is C10H8ClFN2O2. The van der Waals surface area contributed by atoms with E-state index in [1.165, 1.54) is 25.3 Å². The van der Waals surface area contributed by atoms with Crippen LogP contribution in [0, 0.1) is 5.82 Å². The van der Waals surface area contributed by atoms with Gasteiger partial charge < -0.3 is 15.0 Å². The van der Waals surface area contributed by atoms with Crippen LogP contribution in [-0.4, -0.2) is 12.3 Å². The Labute approximate surface area is 95.7 Å². The maximum absolute atomic E-state index is 13.4. The molecule has 0 amide bonds. The van der Waals surface area contributed by atoms with Crippen molar-refractivity contribution in [2.45, 2.75) is 0 Å². The molecule has 0 spiro atoms. The molecule has 0 unspecified atom stereocenters. The van der Waals surface area contributed by atoms with E-state index in [-0.39, 0.29) is 16.6 Å². The first-order valence-corrected chi connectivity index (χ1v) is 4.75. The normalized spacial score (nSPS) is 10.4. The zero-order valence-corrected chi connectivity index (χ0v) is 9.08. The third-order valence-corrected chi connectivity index (χ3v) is 2.30. The van der Waals surface area contributed by atoms with Crippen molar-refractivity contribution in [3.63, 3.8) is 0 Å². The third kappa shape index (κ3) is 1.81. The predicted octanol–water partition coefficient (Wildman–Crippen LogP) is 2.72. The van der Waals surface area contributed by atoms with Crippen molar-refractivity contribution < 1.29 is 13.7 Å². The van der Waals surface area contributed by atoms with Gasteiger partial charge in [-0.2, -0.15) is 0 Å². The number of methoxy groups -OCH3 is 1. The standard InChI is InChI=1S/C10H8ClFN2O2/c1-15-8-3-5(2-6(11)10(8)12)7-4-9(13)14-16-7/h2-4H,1H3,(H2,13,14). The van der Waals surface area contributed by atoms with Crippen molar-refractivity contribution in [2.24, 2.45) is 0 Å². The molecule has 0 aliphatic rings. The molecule has 0 atom stereocenters. The van der Waals surface area contributed by atoms with Crippen molar-refractivity contribution >= 4 is 17.4 Å². The fourth-order valence-corrected chi connectivity index (χ4v) is 1.49. The van der Waals surface area contributed by atoms with Gasteiger partial charge >= 0.3 is 0 Å². The van der Waals surface area contributed by atoms with Gasteiger partial charge in [-0.15, -0.1) is 0 Å². The van der Waals surface area contributed by atoms with E-state index >= 15 is 0 Å². The molecule has 2 N–H and O–H groups in total. The van der Waals surface area contributed by atoms with Gasteiger partial charge in [-0.1, -0.05) is 16.8 Å². The molecule has 4 nitrogen and oxygen atoms in total. The number of hydrogen-bond acceptors (Lipinski definition) is 4. The summed E-state index contributed by atoms with van der Waals surface area (Å²) in [5.74, 6) is 0.0741. The summed E-state index contributed by atoms with van der Waals surface area (Å²) in [6.45, 7) is 0. The van der Waals surface area contributed by atoms with Crippen LogP contribution >= 0.6 is 11.6 Å². The Hall–Kier alpha value is -1.75. The molecule has 2 rings (SSSR count). The summed E-state index contributed by atoms with van der Waals surface area (Å²) in [7, 11) is 1.35. The Morgan fingerprint density at radius 2 is 2.19 bits per heavy atom. The van der Waals surface area contributed by atoms with Gasteiger partial charge in [0.15, 0.2) is 23.1 Å². The van der Waals surface area contributed by atoms with Crippen molar-refractivity contribution in [2.75, 3.05) is 12.8 Å². The first-order chi connectivity index (χ1) is 7.61. The summed E-state index contributed by atoms with van der Waals surface area (Å²) in [4.78, 5) is 0. The smallest absolute Gasteiger partial charge is 0.183 e. The molecule has 0 aliphatic heterocycles. The van der Waals surface area contributed by atoms with Crippen molar-refractivity contribution in [3.05, 3.63) is 29.0 Å². The number of hydrogen-bond donors (Lipinski definition) is 1. The number of nitrogens with two attached hydrogens (primary N) is 1. The van der Waals surface area contributed by atoms with Crippen molar-refractivity contribution in [1.82, 2.24) is 5.16 Å². The molecule has 0 fully saturated rings. The van der Waals surface area contributed by atoms with Crippen LogP contribution in [0.2, 0.25) is 5.02 Å². The molecule has 1 aromatic heterocycles. The highest BCUT2D eigenvalue weighted by Gasteiger charge is 2.13. The van der Waals surface area contributed by atoms with Crippen molar-refractivity contribution in [1.29, 1.82) is 0 Å². The molecule has 0 aliphatic carbocycles. The number of nitrogens with zero attached hydrogens (tertiary/aromatic N) is 1. The summed E-state index contributed by atoms with van der Waals surface area (Å²) in [5, 5.41) is 3.47. The number of rotatable bonds is 2. The number of benzene rings is 1. The molecule has 0 saturated carbocycles. The van der Waals surface area contributed by atoms with E-state index in [1.807, 2.05) is 0 Å². The van der Waals surface area contributed by atoms with Crippen LogP contribution in [-0.2, 0) is 0 Å². The molecular weight excluding hydrogens is 235 g/mol. The zero-order valence-electron chi connectivity index (χ0n) is 8.33. The maximum Gasteiger partial charge on any atom is 0.183 e. The molecule has 16 heavy (non-hydrogen) atoms. The summed E-state index contributed by atoms with van der Waals surface area (Å²) in [5.41, 5.74) is 5.96. The zero-order chi connectivity index (χ0) is 11.7. The van der Waals surface area contributed by atoms with E-state index in [2.05, 4.69) is 5.16 Å². The van der Waals surface area contributed by atoms with Crippen LogP contribution in [0.4, 0.5) is 10.2 Å². The number of anilines is 1. The highest BCUT2D eigenvalue weighted by molar-refractivity contribution is 6.31. The summed E-state index contributed by atoms with van der Waals surface area (Å²) in [6.07, 6.45) is 0. The molecule has 1 aromatic carbocycles. The van der Waals surface area contributed by atoms with Crippen LogP contribution in [0.1, 0.15) is 0 Å². The van der Waals surface area contributed by atoms with Gasteiger partial charge in [0.05, 0.1) is 12.1 Å². The molecule has 1 heterocycles. The largest absolute Gasteiger partial charge is 0.494 e. The van der Waals surface area contributed by atoms with E-state index in [0.717, 1.165) is 0 Å². The Bertz CT molecular complexity index is 528. The van der Waals surface area contributed by atoms with Gasteiger partial charge in [-0.25, -0.2) is 4.39 Å². The average molecular weight is 243 g/mol. The van der Waals surface area contributed by atoms with E-state index < -0.39 is 5.82 Å². The summed E-state index contributed by atoms with van der Waals surface area (Å²) >= 11 is 5.71. The van der Waals surface area contributed by atoms with Gasteiger partial charge in [-0.05, 0) is 12.1 Å². The minimum absolute atomic E-state index is 0.0393. The molecule has 2 aromatic rings. The first-order valence-electron chi connectivity index (χ1n) is 4.37. The maximum atomic E-state index is 13.4. The van der Waals surface area contributed by atoms with Gasteiger partial charge in [-0.3, -0.25) is 0 Å². The monoisotopic (exact) mass is 242 g/mol. The summed E-state index contributed by atoms with van der Waals surface area (Å²) < 4.78 is 23.2. The SMILES string of the molecule is COc1cc(-c2cc(N)no2)cc(Cl)c1F. The Morgan fingerprint density at radius 3 is 2.75 bits per heavy atom. The van der Waals surface area contributed by atoms with Crippen LogP contribution < -0.4 is 10.5 Å². The number of aromatic nitrogens is 1. The molecule has 0 bridgehead atoms. The average Bonchev–Trinajstić information content (AvgIpc) is 2.69. The first kappa shape index (κ1) is 10.8. The van der Waals surface area contributed by atoms with Gasteiger partial charge in [0.2, 0.25) is 0 Å². The lowest BCUT2D eigenvalue weighted by Gasteiger charge is -2.05. The summed E-state index contributed by atoms with van der Waals surface area (Å²) in [6, 6.07) is 4.39. The number of halogens is 2. The predicted molar refractivity (Wildman–Crippen MR) is 57.9 cm³/mol. The lowest BCUT2D eigenvalue weighted by Crippen LogP contribution is -1.90. The highest BCUT2D eigenvalue weighted by atomic mass is 35.5. The second-order valence-corrected chi connectivity index (χ2v) is 3.50. The van der Waals surface area contributed by atoms with Crippen LogP contribution in [0.25, 0.3) is 11.3 Å². The number of ether oxygens (including phenoxy) is 1. The minimum Gasteiger partial charge on any atom is -0.494 e. The van der Waals surface area contributed by atoms with E-state index in [9.17, 15) is 4.39 Å². The van der Waals surface area contributed by atoms with E-state index in [0.29, 0.717) is 11.3 Å². The van der Waals surface area contributed by atoms with Crippen molar-refractivity contribution in [3.8, 4) is 17.1 Å².